The molecule has 1 fully saturated rings. The van der Waals surface area contributed by atoms with Crippen molar-refractivity contribution in [1.29, 1.82) is 0 Å². The monoisotopic (exact) mass is 388 g/mol. The van der Waals surface area contributed by atoms with E-state index in [-0.39, 0.29) is 12.1 Å². The number of aromatic nitrogens is 2. The number of aryl methyl sites for hydroxylation is 1. The molecule has 0 saturated carbocycles. The summed E-state index contributed by atoms with van der Waals surface area (Å²) in [6.45, 7) is 4.42. The van der Waals surface area contributed by atoms with E-state index in [1.54, 1.807) is 0 Å². The van der Waals surface area contributed by atoms with Crippen molar-refractivity contribution in [3.63, 3.8) is 0 Å². The maximum Gasteiger partial charge on any atom is 0.160 e. The molecule has 0 bridgehead atoms. The van der Waals surface area contributed by atoms with Gasteiger partial charge >= 0.3 is 0 Å². The van der Waals surface area contributed by atoms with E-state index in [0.717, 1.165) is 17.9 Å². The van der Waals surface area contributed by atoms with Gasteiger partial charge < -0.3 is 9.47 Å². The third kappa shape index (κ3) is 2.85. The summed E-state index contributed by atoms with van der Waals surface area (Å²) in [5, 5.41) is 1.17. The summed E-state index contributed by atoms with van der Waals surface area (Å²) in [6.07, 6.45) is 5.17. The summed E-state index contributed by atoms with van der Waals surface area (Å²) in [5.74, 6) is 1.12. The lowest BCUT2D eigenvalue weighted by molar-refractivity contribution is 0.249. The Morgan fingerprint density at radius 3 is 2.82 bits per heavy atom. The normalized spacial score (nSPS) is 23.7. The van der Waals surface area contributed by atoms with E-state index in [1.807, 2.05) is 24.0 Å². The van der Waals surface area contributed by atoms with Crippen LogP contribution in [0.5, 0.6) is 0 Å². The first-order chi connectivity index (χ1) is 13.8. The van der Waals surface area contributed by atoms with Crippen LogP contribution in [-0.2, 0) is 0 Å². The molecular weight excluding hydrogens is 364 g/mol. The molecule has 1 aromatic carbocycles. The lowest BCUT2D eigenvalue weighted by atomic mass is 9.99. The number of rotatable bonds is 4. The van der Waals surface area contributed by atoms with Gasteiger partial charge in [-0.15, -0.1) is 0 Å². The van der Waals surface area contributed by atoms with Crippen molar-refractivity contribution in [2.45, 2.75) is 38.4 Å². The number of hydrogen-bond donors (Lipinski definition) is 0. The van der Waals surface area contributed by atoms with Gasteiger partial charge in [0.2, 0.25) is 0 Å². The van der Waals surface area contributed by atoms with E-state index in [4.69, 9.17) is 4.99 Å². The maximum atomic E-state index is 5.14. The minimum absolute atomic E-state index is 0.0245. The van der Waals surface area contributed by atoms with Gasteiger partial charge in [0.15, 0.2) is 5.17 Å². The Kier molecular flexibility index (Phi) is 4.47. The Morgan fingerprint density at radius 1 is 1.11 bits per heavy atom. The van der Waals surface area contributed by atoms with Gasteiger partial charge in [0, 0.05) is 35.6 Å². The van der Waals surface area contributed by atoms with Gasteiger partial charge in [-0.3, -0.25) is 9.98 Å². The summed E-state index contributed by atoms with van der Waals surface area (Å²) < 4.78 is 2.32. The van der Waals surface area contributed by atoms with Crippen molar-refractivity contribution >= 4 is 16.9 Å². The lowest BCUT2D eigenvalue weighted by Gasteiger charge is -2.32. The molecule has 0 N–H and O–H groups in total. The van der Waals surface area contributed by atoms with Crippen LogP contribution in [0.15, 0.2) is 72.0 Å². The molecule has 2 aromatic heterocycles. The van der Waals surface area contributed by atoms with Gasteiger partial charge in [0.1, 0.15) is 12.1 Å². The SMILES string of the molecule is CC[C@@H]1CSC2=N[C@@H](c3ccccn3)[C@@H](c3cccn3-c3cccc(C)c3)N21. The molecule has 2 aliphatic heterocycles. The first-order valence-corrected chi connectivity index (χ1v) is 10.9. The van der Waals surface area contributed by atoms with Gasteiger partial charge in [-0.25, -0.2) is 0 Å². The standard InChI is InChI=1S/C23H24N4S/c1-3-17-15-28-23-25-21(19-10-4-5-12-24-19)22(27(17)23)20-11-7-13-26(20)18-9-6-8-16(2)14-18/h4-14,17,21-22H,3,15H2,1-2H3/t17-,21+,22-/m1/s1. The Morgan fingerprint density at radius 2 is 2.04 bits per heavy atom. The van der Waals surface area contributed by atoms with Crippen molar-refractivity contribution in [2.24, 2.45) is 4.99 Å². The molecule has 142 valence electrons. The first kappa shape index (κ1) is 17.6. The van der Waals surface area contributed by atoms with Crippen LogP contribution in [-0.4, -0.2) is 31.4 Å². The third-order valence-electron chi connectivity index (χ3n) is 5.69. The van der Waals surface area contributed by atoms with Crippen molar-refractivity contribution in [3.8, 4) is 5.69 Å². The van der Waals surface area contributed by atoms with Gasteiger partial charge in [-0.1, -0.05) is 36.9 Å². The molecule has 0 unspecified atom stereocenters. The molecule has 0 spiro atoms. The second-order valence-electron chi connectivity index (χ2n) is 7.48. The second-order valence-corrected chi connectivity index (χ2v) is 8.47. The van der Waals surface area contributed by atoms with E-state index in [2.05, 4.69) is 83.0 Å². The Balaban J connectivity index is 1.63. The fourth-order valence-corrected chi connectivity index (χ4v) is 5.66. The fraction of sp³-hybridized carbons (Fsp3) is 0.304. The molecule has 4 nitrogen and oxygen atoms in total. The fourth-order valence-electron chi connectivity index (χ4n) is 4.32. The molecule has 28 heavy (non-hydrogen) atoms. The summed E-state index contributed by atoms with van der Waals surface area (Å²) in [5.41, 5.74) is 4.79. The van der Waals surface area contributed by atoms with Crippen LogP contribution in [0.25, 0.3) is 5.69 Å². The van der Waals surface area contributed by atoms with Gasteiger partial charge in [-0.2, -0.15) is 0 Å². The molecule has 0 aliphatic carbocycles. The van der Waals surface area contributed by atoms with E-state index >= 15 is 0 Å². The van der Waals surface area contributed by atoms with Gasteiger partial charge in [-0.05, 0) is 55.3 Å². The second kappa shape index (κ2) is 7.13. The molecule has 5 heteroatoms. The highest BCUT2D eigenvalue weighted by atomic mass is 32.2. The average molecular weight is 389 g/mol. The van der Waals surface area contributed by atoms with Crippen molar-refractivity contribution < 1.29 is 0 Å². The smallest absolute Gasteiger partial charge is 0.160 e. The van der Waals surface area contributed by atoms with Crippen LogP contribution in [0.3, 0.4) is 0 Å². The first-order valence-electron chi connectivity index (χ1n) is 9.90. The van der Waals surface area contributed by atoms with E-state index in [0.29, 0.717) is 6.04 Å². The van der Waals surface area contributed by atoms with Crippen LogP contribution >= 0.6 is 11.8 Å². The van der Waals surface area contributed by atoms with Crippen LogP contribution in [0.4, 0.5) is 0 Å². The average Bonchev–Trinajstić information content (AvgIpc) is 3.43. The summed E-state index contributed by atoms with van der Waals surface area (Å²) in [6, 6.07) is 19.9. The van der Waals surface area contributed by atoms with Gasteiger partial charge in [0.25, 0.3) is 0 Å². The van der Waals surface area contributed by atoms with E-state index in [1.165, 1.54) is 22.1 Å². The molecule has 0 amide bonds. The number of thioether (sulfide) groups is 1. The lowest BCUT2D eigenvalue weighted by Crippen LogP contribution is -2.36. The largest absolute Gasteiger partial charge is 0.337 e. The van der Waals surface area contributed by atoms with E-state index in [9.17, 15) is 0 Å². The zero-order chi connectivity index (χ0) is 19.1. The summed E-state index contributed by atoms with van der Waals surface area (Å²) in [4.78, 5) is 12.3. The predicted molar refractivity (Wildman–Crippen MR) is 116 cm³/mol. The van der Waals surface area contributed by atoms with Crippen molar-refractivity contribution in [1.82, 2.24) is 14.5 Å². The Hall–Kier alpha value is -2.53. The number of fused-ring (bicyclic) bond motifs is 1. The molecule has 4 heterocycles. The van der Waals surface area contributed by atoms with Gasteiger partial charge in [0.05, 0.1) is 5.69 Å². The summed E-state index contributed by atoms with van der Waals surface area (Å²) >= 11 is 1.89. The molecule has 5 rings (SSSR count). The Bertz CT molecular complexity index is 1010. The van der Waals surface area contributed by atoms with E-state index < -0.39 is 0 Å². The van der Waals surface area contributed by atoms with Crippen LogP contribution in [0, 0.1) is 6.92 Å². The number of pyridine rings is 1. The predicted octanol–water partition coefficient (Wildman–Crippen LogP) is 5.16. The highest BCUT2D eigenvalue weighted by molar-refractivity contribution is 8.14. The van der Waals surface area contributed by atoms with Crippen molar-refractivity contribution in [2.75, 3.05) is 5.75 Å². The number of aliphatic imine (C=N–C) groups is 1. The van der Waals surface area contributed by atoms with Crippen LogP contribution in [0.1, 0.15) is 42.4 Å². The Labute approximate surface area is 170 Å². The quantitative estimate of drug-likeness (QED) is 0.619. The molecule has 0 radical (unpaired) electrons. The number of hydrogen-bond acceptors (Lipinski definition) is 4. The highest BCUT2D eigenvalue weighted by Gasteiger charge is 2.46. The van der Waals surface area contributed by atoms with Crippen molar-refractivity contribution in [3.05, 3.63) is 83.9 Å². The zero-order valence-corrected chi connectivity index (χ0v) is 17.0. The molecule has 1 saturated heterocycles. The molecule has 3 aromatic rings. The highest BCUT2D eigenvalue weighted by Crippen LogP contribution is 2.48. The van der Waals surface area contributed by atoms with Crippen LogP contribution in [0.2, 0.25) is 0 Å². The summed E-state index contributed by atoms with van der Waals surface area (Å²) in [7, 11) is 0. The zero-order valence-electron chi connectivity index (χ0n) is 16.2. The maximum absolute atomic E-state index is 5.14. The number of benzene rings is 1. The third-order valence-corrected chi connectivity index (χ3v) is 6.82. The molecule has 3 atom stereocenters. The minimum atomic E-state index is 0.0245. The van der Waals surface area contributed by atoms with Crippen LogP contribution < -0.4 is 0 Å². The number of amidine groups is 1. The minimum Gasteiger partial charge on any atom is -0.337 e. The number of nitrogens with zero attached hydrogens (tertiary/aromatic N) is 4. The molecule has 2 aliphatic rings. The topological polar surface area (TPSA) is 33.4 Å². The molecular formula is C23H24N4S.